The first-order valence-corrected chi connectivity index (χ1v) is 8.84. The van der Waals surface area contributed by atoms with Crippen LogP contribution < -0.4 is 10.6 Å². The van der Waals surface area contributed by atoms with Crippen LogP contribution in [0, 0.1) is 5.95 Å². The van der Waals surface area contributed by atoms with Crippen LogP contribution >= 0.6 is 12.4 Å². The Kier molecular flexibility index (Phi) is 7.27. The molecule has 7 heteroatoms. The third-order valence-corrected chi connectivity index (χ3v) is 4.63. The van der Waals surface area contributed by atoms with Crippen molar-refractivity contribution >= 4 is 18.3 Å². The van der Waals surface area contributed by atoms with Crippen molar-refractivity contribution in [3.63, 3.8) is 0 Å². The Labute approximate surface area is 164 Å². The molecule has 1 saturated heterocycles. The van der Waals surface area contributed by atoms with E-state index in [1.807, 2.05) is 44.2 Å². The number of nitrogens with zero attached hydrogens (tertiary/aromatic N) is 1. The van der Waals surface area contributed by atoms with Crippen LogP contribution in [0.3, 0.4) is 0 Å². The minimum atomic E-state index is -1.03. The van der Waals surface area contributed by atoms with E-state index in [0.717, 1.165) is 5.56 Å². The van der Waals surface area contributed by atoms with Crippen molar-refractivity contribution in [2.75, 3.05) is 6.54 Å². The lowest BCUT2D eigenvalue weighted by molar-refractivity contribution is -0.123. The highest BCUT2D eigenvalue weighted by Gasteiger charge is 2.31. The quantitative estimate of drug-likeness (QED) is 0.759. The fraction of sp³-hybridized carbons (Fsp3) is 0.400. The second-order valence-electron chi connectivity index (χ2n) is 6.92. The van der Waals surface area contributed by atoms with E-state index in [2.05, 4.69) is 15.6 Å². The molecule has 1 aliphatic rings. The van der Waals surface area contributed by atoms with Gasteiger partial charge in [-0.25, -0.2) is 9.37 Å². The van der Waals surface area contributed by atoms with Crippen LogP contribution in [0.5, 0.6) is 0 Å². The number of amides is 1. The summed E-state index contributed by atoms with van der Waals surface area (Å²) in [4.78, 5) is 16.6. The molecule has 0 bridgehead atoms. The summed E-state index contributed by atoms with van der Waals surface area (Å²) in [5.74, 6) is -0.824. The van der Waals surface area contributed by atoms with Gasteiger partial charge in [0.05, 0.1) is 17.8 Å². The molecular formula is C20H24ClF2N3O. The highest BCUT2D eigenvalue weighted by molar-refractivity contribution is 5.85. The molecule has 1 aliphatic heterocycles. The third kappa shape index (κ3) is 5.02. The Morgan fingerprint density at radius 3 is 2.48 bits per heavy atom. The number of halogens is 3. The van der Waals surface area contributed by atoms with E-state index in [9.17, 15) is 13.6 Å². The number of alkyl halides is 1. The van der Waals surface area contributed by atoms with E-state index in [1.165, 1.54) is 0 Å². The first-order valence-electron chi connectivity index (χ1n) is 8.84. The summed E-state index contributed by atoms with van der Waals surface area (Å²) in [5, 5.41) is 5.76. The van der Waals surface area contributed by atoms with Crippen LogP contribution in [-0.4, -0.2) is 29.6 Å². The number of carbonyl (C=O) groups excluding carboxylic acids is 1. The molecule has 3 atom stereocenters. The minimum Gasteiger partial charge on any atom is -0.342 e. The van der Waals surface area contributed by atoms with Crippen LogP contribution in [0.15, 0.2) is 42.5 Å². The number of carbonyl (C=O) groups is 1. The Hall–Kier alpha value is -2.05. The molecule has 3 rings (SSSR count). The molecule has 2 N–H and O–H groups in total. The maximum Gasteiger partial charge on any atom is 0.238 e. The van der Waals surface area contributed by atoms with Crippen molar-refractivity contribution in [2.45, 2.75) is 44.4 Å². The summed E-state index contributed by atoms with van der Waals surface area (Å²) in [7, 11) is 0. The van der Waals surface area contributed by atoms with Crippen molar-refractivity contribution in [3.8, 4) is 0 Å². The Morgan fingerprint density at radius 2 is 1.93 bits per heavy atom. The Bertz CT molecular complexity index is 773. The van der Waals surface area contributed by atoms with E-state index in [1.54, 1.807) is 12.1 Å². The molecule has 2 aromatic rings. The predicted octanol–water partition coefficient (Wildman–Crippen LogP) is 3.67. The normalized spacial score (nSPS) is 20.2. The van der Waals surface area contributed by atoms with Gasteiger partial charge < -0.3 is 10.6 Å². The molecule has 1 aromatic heterocycles. The zero-order valence-electron chi connectivity index (χ0n) is 15.3. The third-order valence-electron chi connectivity index (χ3n) is 4.63. The van der Waals surface area contributed by atoms with E-state index < -0.39 is 24.2 Å². The number of nitrogens with one attached hydrogen (secondary N) is 2. The summed E-state index contributed by atoms with van der Waals surface area (Å²) >= 11 is 0. The topological polar surface area (TPSA) is 54.0 Å². The van der Waals surface area contributed by atoms with E-state index in [0.29, 0.717) is 11.3 Å². The molecule has 4 nitrogen and oxygen atoms in total. The fourth-order valence-corrected chi connectivity index (χ4v) is 3.16. The van der Waals surface area contributed by atoms with Gasteiger partial charge in [0.25, 0.3) is 0 Å². The second kappa shape index (κ2) is 9.24. The molecule has 1 fully saturated rings. The fourth-order valence-electron chi connectivity index (χ4n) is 3.16. The van der Waals surface area contributed by atoms with Crippen LogP contribution in [0.4, 0.5) is 8.78 Å². The van der Waals surface area contributed by atoms with Gasteiger partial charge in [-0.2, -0.15) is 4.39 Å². The van der Waals surface area contributed by atoms with E-state index in [-0.39, 0.29) is 37.2 Å². The molecule has 0 radical (unpaired) electrons. The molecule has 146 valence electrons. The molecule has 2 heterocycles. The second-order valence-corrected chi connectivity index (χ2v) is 6.92. The first kappa shape index (κ1) is 21.3. The van der Waals surface area contributed by atoms with Gasteiger partial charge in [-0.1, -0.05) is 50.2 Å². The number of hydrogen-bond donors (Lipinski definition) is 2. The first-order chi connectivity index (χ1) is 12.5. The van der Waals surface area contributed by atoms with Gasteiger partial charge in [0.15, 0.2) is 0 Å². The van der Waals surface area contributed by atoms with Gasteiger partial charge in [0, 0.05) is 18.5 Å². The molecule has 2 unspecified atom stereocenters. The van der Waals surface area contributed by atoms with Gasteiger partial charge in [0.2, 0.25) is 11.9 Å². The Morgan fingerprint density at radius 1 is 1.22 bits per heavy atom. The van der Waals surface area contributed by atoms with E-state index >= 15 is 0 Å². The van der Waals surface area contributed by atoms with Crippen LogP contribution in [-0.2, 0) is 4.79 Å². The lowest BCUT2D eigenvalue weighted by Gasteiger charge is -2.22. The molecule has 0 aliphatic carbocycles. The summed E-state index contributed by atoms with van der Waals surface area (Å²) < 4.78 is 27.8. The van der Waals surface area contributed by atoms with E-state index in [4.69, 9.17) is 0 Å². The summed E-state index contributed by atoms with van der Waals surface area (Å²) in [6.45, 7) is 3.97. The molecule has 1 aromatic carbocycles. The van der Waals surface area contributed by atoms with Gasteiger partial charge in [-0.15, -0.1) is 12.4 Å². The average Bonchev–Trinajstić information content (AvgIpc) is 3.06. The molecule has 27 heavy (non-hydrogen) atoms. The van der Waals surface area contributed by atoms with Crippen molar-refractivity contribution in [1.82, 2.24) is 15.6 Å². The smallest absolute Gasteiger partial charge is 0.238 e. The largest absolute Gasteiger partial charge is 0.342 e. The lowest BCUT2D eigenvalue weighted by atomic mass is 9.99. The molecule has 1 amide bonds. The molecule has 0 saturated carbocycles. The number of rotatable bonds is 5. The monoisotopic (exact) mass is 395 g/mol. The number of pyridine rings is 1. The van der Waals surface area contributed by atoms with Gasteiger partial charge in [-0.05, 0) is 17.5 Å². The lowest BCUT2D eigenvalue weighted by Crippen LogP contribution is -2.42. The predicted molar refractivity (Wildman–Crippen MR) is 103 cm³/mol. The number of benzene rings is 1. The zero-order valence-corrected chi connectivity index (χ0v) is 16.1. The summed E-state index contributed by atoms with van der Waals surface area (Å²) in [6, 6.07) is 11.5. The van der Waals surface area contributed by atoms with Gasteiger partial charge in [-0.3, -0.25) is 4.79 Å². The summed E-state index contributed by atoms with van der Waals surface area (Å²) in [5.41, 5.74) is 1.74. The maximum atomic E-state index is 14.4. The van der Waals surface area contributed by atoms with Crippen molar-refractivity contribution < 1.29 is 13.6 Å². The van der Waals surface area contributed by atoms with Gasteiger partial charge >= 0.3 is 0 Å². The van der Waals surface area contributed by atoms with Crippen molar-refractivity contribution in [1.29, 1.82) is 0 Å². The van der Waals surface area contributed by atoms with Crippen molar-refractivity contribution in [3.05, 3.63) is 65.2 Å². The van der Waals surface area contributed by atoms with Crippen molar-refractivity contribution in [2.24, 2.45) is 0 Å². The molecule has 0 spiro atoms. The average molecular weight is 396 g/mol. The SMILES string of the molecule is CC(C)c1ccc([C@@H](NC(=O)C2CC(F)CN2)c2ccccc2)nc1F.Cl. The maximum absolute atomic E-state index is 14.4. The highest BCUT2D eigenvalue weighted by atomic mass is 35.5. The standard InChI is InChI=1S/C20H23F2N3O.ClH/c1-12(2)15-8-9-16(24-19(15)22)18(13-6-4-3-5-7-13)25-20(26)17-10-14(21)11-23-17;/h3-9,12,14,17-18,23H,10-11H2,1-2H3,(H,25,26);1H/t14?,17?,18-;/m0./s1. The minimum absolute atomic E-state index is 0. The Balaban J connectivity index is 0.00000261. The van der Waals surface area contributed by atoms with Crippen LogP contribution in [0.1, 0.15) is 49.0 Å². The highest BCUT2D eigenvalue weighted by Crippen LogP contribution is 2.24. The number of aromatic nitrogens is 1. The molecular weight excluding hydrogens is 372 g/mol. The zero-order chi connectivity index (χ0) is 18.7. The van der Waals surface area contributed by atoms with Crippen LogP contribution in [0.25, 0.3) is 0 Å². The van der Waals surface area contributed by atoms with Crippen LogP contribution in [0.2, 0.25) is 0 Å². The summed E-state index contributed by atoms with van der Waals surface area (Å²) in [6.07, 6.45) is -0.886. The number of hydrogen-bond acceptors (Lipinski definition) is 3. The van der Waals surface area contributed by atoms with Gasteiger partial charge in [0.1, 0.15) is 6.17 Å².